The molecule has 2 heterocycles. The molecule has 4 nitrogen and oxygen atoms in total. The first-order valence-corrected chi connectivity index (χ1v) is 5.66. The van der Waals surface area contributed by atoms with Crippen molar-refractivity contribution in [1.82, 2.24) is 14.5 Å². The standard InChI is InChI=1S/C12H15FN4/c13-11-3-4-12(16-9-11)15-5-1-2-7-17-8-6-14-10-17/h3-4,6,8-10H,1-2,5,7H2,(H,15,16). The molecule has 0 aliphatic rings. The maximum atomic E-state index is 12.6. The third-order valence-corrected chi connectivity index (χ3v) is 2.44. The molecular weight excluding hydrogens is 219 g/mol. The molecule has 0 bridgehead atoms. The predicted octanol–water partition coefficient (Wildman–Crippen LogP) is 2.31. The van der Waals surface area contributed by atoms with Gasteiger partial charge < -0.3 is 9.88 Å². The van der Waals surface area contributed by atoms with Crippen molar-refractivity contribution in [2.24, 2.45) is 0 Å². The summed E-state index contributed by atoms with van der Waals surface area (Å²) < 4.78 is 14.6. The second-order valence-electron chi connectivity index (χ2n) is 3.80. The first-order valence-electron chi connectivity index (χ1n) is 5.66. The van der Waals surface area contributed by atoms with Crippen LogP contribution in [-0.4, -0.2) is 21.1 Å². The average molecular weight is 234 g/mol. The highest BCUT2D eigenvalue weighted by Gasteiger charge is 1.95. The predicted molar refractivity (Wildman–Crippen MR) is 64.1 cm³/mol. The Morgan fingerprint density at radius 1 is 1.29 bits per heavy atom. The van der Waals surface area contributed by atoms with E-state index in [1.165, 1.54) is 12.3 Å². The van der Waals surface area contributed by atoms with E-state index in [0.717, 1.165) is 25.9 Å². The van der Waals surface area contributed by atoms with E-state index in [1.54, 1.807) is 12.3 Å². The van der Waals surface area contributed by atoms with Crippen molar-refractivity contribution in [2.45, 2.75) is 19.4 Å². The van der Waals surface area contributed by atoms with Crippen molar-refractivity contribution in [3.63, 3.8) is 0 Å². The highest BCUT2D eigenvalue weighted by atomic mass is 19.1. The van der Waals surface area contributed by atoms with Crippen LogP contribution < -0.4 is 5.32 Å². The zero-order valence-corrected chi connectivity index (χ0v) is 9.51. The molecule has 0 atom stereocenters. The Bertz CT molecular complexity index is 424. The molecule has 2 aromatic heterocycles. The van der Waals surface area contributed by atoms with Crippen molar-refractivity contribution in [1.29, 1.82) is 0 Å². The van der Waals surface area contributed by atoms with Gasteiger partial charge in [-0.1, -0.05) is 0 Å². The number of anilines is 1. The normalized spacial score (nSPS) is 10.4. The lowest BCUT2D eigenvalue weighted by molar-refractivity contribution is 0.617. The minimum atomic E-state index is -0.310. The summed E-state index contributed by atoms with van der Waals surface area (Å²) in [5, 5.41) is 3.15. The molecule has 0 aliphatic heterocycles. The van der Waals surface area contributed by atoms with Crippen LogP contribution in [0, 0.1) is 5.82 Å². The van der Waals surface area contributed by atoms with Crippen molar-refractivity contribution >= 4 is 5.82 Å². The third kappa shape index (κ3) is 3.86. The lowest BCUT2D eigenvalue weighted by Crippen LogP contribution is -2.05. The lowest BCUT2D eigenvalue weighted by atomic mass is 10.3. The van der Waals surface area contributed by atoms with Gasteiger partial charge in [-0.3, -0.25) is 0 Å². The number of aryl methyl sites for hydroxylation is 1. The Hall–Kier alpha value is -1.91. The Morgan fingerprint density at radius 2 is 2.24 bits per heavy atom. The van der Waals surface area contributed by atoms with Crippen LogP contribution in [0.5, 0.6) is 0 Å². The number of pyridine rings is 1. The number of hydrogen-bond acceptors (Lipinski definition) is 3. The molecule has 0 saturated carbocycles. The summed E-state index contributed by atoms with van der Waals surface area (Å²) in [6.07, 6.45) is 8.88. The van der Waals surface area contributed by atoms with Crippen LogP contribution >= 0.6 is 0 Å². The zero-order valence-electron chi connectivity index (χ0n) is 9.51. The van der Waals surface area contributed by atoms with Crippen LogP contribution in [-0.2, 0) is 6.54 Å². The Balaban J connectivity index is 1.61. The minimum absolute atomic E-state index is 0.310. The summed E-state index contributed by atoms with van der Waals surface area (Å²) in [6, 6.07) is 3.05. The van der Waals surface area contributed by atoms with Gasteiger partial charge in [0.15, 0.2) is 0 Å². The van der Waals surface area contributed by atoms with Crippen molar-refractivity contribution < 1.29 is 4.39 Å². The summed E-state index contributed by atoms with van der Waals surface area (Å²) in [5.74, 6) is 0.407. The van der Waals surface area contributed by atoms with E-state index in [9.17, 15) is 4.39 Å². The molecule has 90 valence electrons. The molecule has 2 aromatic rings. The number of hydrogen-bond donors (Lipinski definition) is 1. The maximum Gasteiger partial charge on any atom is 0.141 e. The Kier molecular flexibility index (Phi) is 4.07. The SMILES string of the molecule is Fc1ccc(NCCCCn2ccnc2)nc1. The van der Waals surface area contributed by atoms with Gasteiger partial charge >= 0.3 is 0 Å². The smallest absolute Gasteiger partial charge is 0.141 e. The summed E-state index contributed by atoms with van der Waals surface area (Å²) in [6.45, 7) is 1.81. The van der Waals surface area contributed by atoms with E-state index in [2.05, 4.69) is 19.9 Å². The van der Waals surface area contributed by atoms with Gasteiger partial charge in [0.25, 0.3) is 0 Å². The highest BCUT2D eigenvalue weighted by Crippen LogP contribution is 2.04. The number of nitrogens with zero attached hydrogens (tertiary/aromatic N) is 3. The first kappa shape index (κ1) is 11.6. The van der Waals surface area contributed by atoms with Gasteiger partial charge in [0.1, 0.15) is 11.6 Å². The molecule has 2 rings (SSSR count). The van der Waals surface area contributed by atoms with Gasteiger partial charge in [-0.15, -0.1) is 0 Å². The van der Waals surface area contributed by atoms with E-state index in [0.29, 0.717) is 5.82 Å². The molecule has 0 unspecified atom stereocenters. The Labute approximate surface area is 99.5 Å². The molecule has 17 heavy (non-hydrogen) atoms. The van der Waals surface area contributed by atoms with Crippen LogP contribution in [0.15, 0.2) is 37.1 Å². The monoisotopic (exact) mass is 234 g/mol. The number of imidazole rings is 1. The largest absolute Gasteiger partial charge is 0.370 e. The second-order valence-corrected chi connectivity index (χ2v) is 3.80. The van der Waals surface area contributed by atoms with Gasteiger partial charge in [-0.05, 0) is 25.0 Å². The summed E-state index contributed by atoms with van der Waals surface area (Å²) in [4.78, 5) is 7.90. The van der Waals surface area contributed by atoms with Crippen LogP contribution in [0.4, 0.5) is 10.2 Å². The van der Waals surface area contributed by atoms with Crippen LogP contribution in [0.1, 0.15) is 12.8 Å². The lowest BCUT2D eigenvalue weighted by Gasteiger charge is -2.05. The van der Waals surface area contributed by atoms with E-state index in [1.807, 2.05) is 12.5 Å². The number of halogens is 1. The topological polar surface area (TPSA) is 42.7 Å². The second kappa shape index (κ2) is 5.98. The van der Waals surface area contributed by atoms with E-state index in [-0.39, 0.29) is 5.82 Å². The molecule has 0 amide bonds. The number of unbranched alkanes of at least 4 members (excludes halogenated alkanes) is 1. The molecule has 0 saturated heterocycles. The van der Waals surface area contributed by atoms with Gasteiger partial charge in [-0.25, -0.2) is 14.4 Å². The highest BCUT2D eigenvalue weighted by molar-refractivity contribution is 5.33. The molecule has 5 heteroatoms. The first-order chi connectivity index (χ1) is 8.34. The number of nitrogens with one attached hydrogen (secondary N) is 1. The maximum absolute atomic E-state index is 12.6. The number of rotatable bonds is 6. The van der Waals surface area contributed by atoms with Crippen molar-refractivity contribution in [3.8, 4) is 0 Å². The molecular formula is C12H15FN4. The fourth-order valence-corrected chi connectivity index (χ4v) is 1.54. The Morgan fingerprint density at radius 3 is 2.94 bits per heavy atom. The molecule has 1 N–H and O–H groups in total. The quantitative estimate of drug-likeness (QED) is 0.780. The zero-order chi connectivity index (χ0) is 11.9. The number of aromatic nitrogens is 3. The summed E-state index contributed by atoms with van der Waals surface area (Å²) in [7, 11) is 0. The van der Waals surface area contributed by atoms with Crippen LogP contribution in [0.2, 0.25) is 0 Å². The van der Waals surface area contributed by atoms with Crippen LogP contribution in [0.3, 0.4) is 0 Å². The fraction of sp³-hybridized carbons (Fsp3) is 0.333. The molecule has 0 aromatic carbocycles. The van der Waals surface area contributed by atoms with Gasteiger partial charge in [0, 0.05) is 25.5 Å². The van der Waals surface area contributed by atoms with E-state index in [4.69, 9.17) is 0 Å². The average Bonchev–Trinajstić information content (AvgIpc) is 2.84. The van der Waals surface area contributed by atoms with Gasteiger partial charge in [0.2, 0.25) is 0 Å². The van der Waals surface area contributed by atoms with E-state index >= 15 is 0 Å². The molecule has 0 aliphatic carbocycles. The van der Waals surface area contributed by atoms with Gasteiger partial charge in [0.05, 0.1) is 12.5 Å². The molecule has 0 radical (unpaired) electrons. The fourth-order valence-electron chi connectivity index (χ4n) is 1.54. The van der Waals surface area contributed by atoms with Crippen molar-refractivity contribution in [2.75, 3.05) is 11.9 Å². The minimum Gasteiger partial charge on any atom is -0.370 e. The van der Waals surface area contributed by atoms with E-state index < -0.39 is 0 Å². The third-order valence-electron chi connectivity index (χ3n) is 2.44. The summed E-state index contributed by atoms with van der Waals surface area (Å²) in [5.41, 5.74) is 0. The molecule has 0 spiro atoms. The van der Waals surface area contributed by atoms with Gasteiger partial charge in [-0.2, -0.15) is 0 Å². The molecule has 0 fully saturated rings. The summed E-state index contributed by atoms with van der Waals surface area (Å²) >= 11 is 0. The van der Waals surface area contributed by atoms with Crippen molar-refractivity contribution in [3.05, 3.63) is 42.9 Å². The van der Waals surface area contributed by atoms with Crippen LogP contribution in [0.25, 0.3) is 0 Å².